The lowest BCUT2D eigenvalue weighted by atomic mass is 9.87. The van der Waals surface area contributed by atoms with Gasteiger partial charge >= 0.3 is 0 Å². The second-order valence-corrected chi connectivity index (χ2v) is 14.8. The molecule has 1 saturated heterocycles. The van der Waals surface area contributed by atoms with Crippen molar-refractivity contribution in [3.63, 3.8) is 0 Å². The number of hydrogen-bond acceptors (Lipinski definition) is 3. The van der Waals surface area contributed by atoms with E-state index in [4.69, 9.17) is 9.16 Å². The van der Waals surface area contributed by atoms with Gasteiger partial charge in [-0.1, -0.05) is 39.5 Å². The number of nitrogens with zero attached hydrogens (tertiary/aromatic N) is 1. The van der Waals surface area contributed by atoms with Crippen LogP contribution in [0.25, 0.3) is 0 Å². The molecule has 1 atom stereocenters. The molecule has 1 amide bonds. The minimum Gasteiger partial charge on any atom is -0.543 e. The monoisotopic (exact) mass is 437 g/mol. The number of ether oxygens (including phenoxy) is 1. The number of β-lactam (4-membered cyclic amide) rings is 1. The van der Waals surface area contributed by atoms with E-state index < -0.39 is 8.32 Å². The number of hydrogen-bond donors (Lipinski definition) is 0. The van der Waals surface area contributed by atoms with Crippen molar-refractivity contribution in [2.45, 2.75) is 65.7 Å². The minimum absolute atomic E-state index is 0.0530. The van der Waals surface area contributed by atoms with Gasteiger partial charge in [-0.05, 0) is 73.3 Å². The maximum Gasteiger partial charge on any atom is 0.256 e. The Morgan fingerprint density at radius 1 is 1.00 bits per heavy atom. The summed E-state index contributed by atoms with van der Waals surface area (Å²) in [7, 11) is -0.327. The predicted octanol–water partition coefficient (Wildman–Crippen LogP) is 6.65. The Balaban J connectivity index is 2.01. The van der Waals surface area contributed by atoms with Gasteiger partial charge in [0.2, 0.25) is 8.32 Å². The van der Waals surface area contributed by atoms with E-state index in [0.29, 0.717) is 5.57 Å². The van der Waals surface area contributed by atoms with Crippen LogP contribution in [0.2, 0.25) is 18.1 Å². The first-order valence-corrected chi connectivity index (χ1v) is 13.7. The van der Waals surface area contributed by atoms with Crippen LogP contribution in [0.3, 0.4) is 0 Å². The molecule has 1 aliphatic heterocycles. The molecule has 0 radical (unpaired) electrons. The van der Waals surface area contributed by atoms with Crippen molar-refractivity contribution >= 4 is 19.9 Å². The highest BCUT2D eigenvalue weighted by molar-refractivity contribution is 6.74. The Hall–Kier alpha value is -2.53. The van der Waals surface area contributed by atoms with Crippen molar-refractivity contribution in [2.75, 3.05) is 12.0 Å². The summed E-state index contributed by atoms with van der Waals surface area (Å²) in [6.45, 7) is 21.4. The fraction of sp³-hybridized carbons (Fsp3) is 0.423. The van der Waals surface area contributed by atoms with Crippen molar-refractivity contribution < 1.29 is 14.0 Å². The Morgan fingerprint density at radius 3 is 2.23 bits per heavy atom. The van der Waals surface area contributed by atoms with Crippen molar-refractivity contribution in [2.24, 2.45) is 0 Å². The van der Waals surface area contributed by atoms with E-state index in [1.54, 1.807) is 12.0 Å². The summed E-state index contributed by atoms with van der Waals surface area (Å²) in [6.07, 6.45) is 0. The van der Waals surface area contributed by atoms with E-state index in [9.17, 15) is 4.79 Å². The average molecular weight is 438 g/mol. The zero-order chi connectivity index (χ0) is 23.3. The Bertz CT molecular complexity index is 1050. The molecule has 5 heteroatoms. The quantitative estimate of drug-likeness (QED) is 0.299. The van der Waals surface area contributed by atoms with Gasteiger partial charge in [0.05, 0.1) is 13.2 Å². The number of benzene rings is 2. The molecule has 1 aliphatic rings. The summed E-state index contributed by atoms with van der Waals surface area (Å²) in [6, 6.07) is 10.00. The molecule has 4 nitrogen and oxygen atoms in total. The van der Waals surface area contributed by atoms with Crippen LogP contribution in [-0.2, 0) is 4.79 Å². The SMILES string of the molecule is C=C1C(=O)N(c2cc(C)c(C)c(OC)c2)[C@H]1c1ccc(C)c(O[Si](C)(C)C(C)(C)C)c1. The average Bonchev–Trinajstić information content (AvgIpc) is 2.68. The molecule has 1 heterocycles. The van der Waals surface area contributed by atoms with Crippen LogP contribution in [0.5, 0.6) is 11.5 Å². The van der Waals surface area contributed by atoms with Crippen LogP contribution >= 0.6 is 0 Å². The fourth-order valence-electron chi connectivity index (χ4n) is 3.58. The summed E-state index contributed by atoms with van der Waals surface area (Å²) >= 11 is 0. The van der Waals surface area contributed by atoms with E-state index in [1.807, 2.05) is 26.0 Å². The molecule has 3 rings (SSSR count). The first kappa shape index (κ1) is 23.1. The molecule has 1 fully saturated rings. The van der Waals surface area contributed by atoms with Crippen molar-refractivity contribution in [3.05, 3.63) is 64.7 Å². The van der Waals surface area contributed by atoms with Crippen LogP contribution < -0.4 is 14.1 Å². The van der Waals surface area contributed by atoms with Gasteiger partial charge < -0.3 is 9.16 Å². The van der Waals surface area contributed by atoms with E-state index in [2.05, 4.69) is 65.6 Å². The largest absolute Gasteiger partial charge is 0.543 e. The van der Waals surface area contributed by atoms with Gasteiger partial charge in [0, 0.05) is 17.3 Å². The Labute approximate surface area is 188 Å². The third-order valence-electron chi connectivity index (χ3n) is 6.88. The van der Waals surface area contributed by atoms with E-state index in [1.165, 1.54) is 0 Å². The van der Waals surface area contributed by atoms with Crippen LogP contribution in [0.15, 0.2) is 42.5 Å². The number of carbonyl (C=O) groups is 1. The second-order valence-electron chi connectivity index (χ2n) is 10.1. The molecular weight excluding hydrogens is 402 g/mol. The molecule has 31 heavy (non-hydrogen) atoms. The van der Waals surface area contributed by atoms with Gasteiger partial charge in [-0.15, -0.1) is 0 Å². The lowest BCUT2D eigenvalue weighted by Crippen LogP contribution is -2.49. The standard InChI is InChI=1S/C26H35NO3Si/c1-16-11-12-20(14-22(16)30-31(9,10)26(5,6)7)24-19(4)25(28)27(24)21-13-17(2)18(3)23(15-21)29-8/h11-15,24H,4H2,1-3,5-10H3/t24-/m1/s1. The van der Waals surface area contributed by atoms with Gasteiger partial charge in [-0.25, -0.2) is 0 Å². The van der Waals surface area contributed by atoms with Crippen LogP contribution in [0.1, 0.15) is 49.1 Å². The van der Waals surface area contributed by atoms with Gasteiger partial charge in [-0.3, -0.25) is 9.69 Å². The van der Waals surface area contributed by atoms with Gasteiger partial charge in [0.25, 0.3) is 5.91 Å². The fourth-order valence-corrected chi connectivity index (χ4v) is 4.66. The lowest BCUT2D eigenvalue weighted by Gasteiger charge is -2.43. The third-order valence-corrected chi connectivity index (χ3v) is 11.2. The highest BCUT2D eigenvalue weighted by Crippen LogP contribution is 2.45. The zero-order valence-electron chi connectivity index (χ0n) is 20.3. The zero-order valence-corrected chi connectivity index (χ0v) is 21.3. The summed E-state index contributed by atoms with van der Waals surface area (Å²) in [5.41, 5.74) is 5.71. The van der Waals surface area contributed by atoms with Crippen molar-refractivity contribution in [1.82, 2.24) is 0 Å². The summed E-state index contributed by atoms with van der Waals surface area (Å²) in [4.78, 5) is 14.6. The first-order valence-electron chi connectivity index (χ1n) is 10.8. The minimum atomic E-state index is -1.98. The number of carbonyl (C=O) groups excluding carboxylic acids is 1. The van der Waals surface area contributed by atoms with Crippen LogP contribution in [0.4, 0.5) is 5.69 Å². The number of aryl methyl sites for hydroxylation is 2. The molecule has 0 bridgehead atoms. The van der Waals surface area contributed by atoms with Crippen molar-refractivity contribution in [3.8, 4) is 11.5 Å². The maximum absolute atomic E-state index is 12.8. The molecule has 0 saturated carbocycles. The normalized spacial score (nSPS) is 16.9. The smallest absolute Gasteiger partial charge is 0.256 e. The number of methoxy groups -OCH3 is 1. The van der Waals surface area contributed by atoms with Gasteiger partial charge in [-0.2, -0.15) is 0 Å². The third kappa shape index (κ3) is 4.03. The number of amides is 1. The topological polar surface area (TPSA) is 38.8 Å². The highest BCUT2D eigenvalue weighted by Gasteiger charge is 2.44. The molecule has 0 unspecified atom stereocenters. The molecule has 2 aromatic rings. The summed E-state index contributed by atoms with van der Waals surface area (Å²) in [5.74, 6) is 1.63. The maximum atomic E-state index is 12.8. The van der Waals surface area contributed by atoms with Crippen LogP contribution in [-0.4, -0.2) is 21.3 Å². The second kappa shape index (κ2) is 7.86. The molecular formula is C26H35NO3Si. The van der Waals surface area contributed by atoms with Gasteiger partial charge in [0.1, 0.15) is 11.5 Å². The summed E-state index contributed by atoms with van der Waals surface area (Å²) in [5, 5.41) is 0.105. The van der Waals surface area contributed by atoms with E-state index in [0.717, 1.165) is 39.4 Å². The molecule has 2 aromatic carbocycles. The van der Waals surface area contributed by atoms with E-state index >= 15 is 0 Å². The van der Waals surface area contributed by atoms with Crippen molar-refractivity contribution in [1.29, 1.82) is 0 Å². The number of rotatable bonds is 5. The van der Waals surface area contributed by atoms with E-state index in [-0.39, 0.29) is 17.0 Å². The first-order chi connectivity index (χ1) is 14.3. The molecule has 0 N–H and O–H groups in total. The molecule has 0 spiro atoms. The van der Waals surface area contributed by atoms with Crippen LogP contribution in [0, 0.1) is 20.8 Å². The molecule has 166 valence electrons. The van der Waals surface area contributed by atoms with Gasteiger partial charge in [0.15, 0.2) is 0 Å². The summed E-state index contributed by atoms with van der Waals surface area (Å²) < 4.78 is 12.2. The highest BCUT2D eigenvalue weighted by atomic mass is 28.4. The Kier molecular flexibility index (Phi) is 5.87. The number of anilines is 1. The predicted molar refractivity (Wildman–Crippen MR) is 131 cm³/mol. The molecule has 0 aliphatic carbocycles. The molecule has 0 aromatic heterocycles. The lowest BCUT2D eigenvalue weighted by molar-refractivity contribution is -0.118. The Morgan fingerprint density at radius 2 is 1.65 bits per heavy atom.